The van der Waals surface area contributed by atoms with E-state index in [-0.39, 0.29) is 35.3 Å². The predicted octanol–water partition coefficient (Wildman–Crippen LogP) is 7.24. The number of nitrogens with one attached hydrogen (secondary N) is 4. The SMILES string of the molecule is C=CC(=O)Nc1ccc2c(c1)c(C)cn2-c1nc(Nc2cn(C[C@H](C)O)nc2C)ncc1F.C=CC(=O)Nc1ccc2c(c1)c(C)cn2-c1nc(Nc2cnn(C[C@H](C)O)c2C)ncc1F. The summed E-state index contributed by atoms with van der Waals surface area (Å²) < 4.78 is 36.1. The molecule has 2 aromatic carbocycles. The summed E-state index contributed by atoms with van der Waals surface area (Å²) in [5.74, 6) is -1.19. The van der Waals surface area contributed by atoms with Crippen LogP contribution < -0.4 is 21.3 Å². The van der Waals surface area contributed by atoms with Crippen molar-refractivity contribution in [2.45, 2.75) is 66.8 Å². The summed E-state index contributed by atoms with van der Waals surface area (Å²) >= 11 is 0. The maximum Gasteiger partial charge on any atom is 0.247 e. The van der Waals surface area contributed by atoms with Crippen molar-refractivity contribution in [2.24, 2.45) is 0 Å². The van der Waals surface area contributed by atoms with Crippen molar-refractivity contribution in [2.75, 3.05) is 21.3 Å². The minimum atomic E-state index is -0.581. The third kappa shape index (κ3) is 10.1. The smallest absolute Gasteiger partial charge is 0.247 e. The Morgan fingerprint density at radius 1 is 0.712 bits per heavy atom. The number of rotatable bonds is 14. The van der Waals surface area contributed by atoms with Crippen molar-refractivity contribution in [3.05, 3.63) is 133 Å². The van der Waals surface area contributed by atoms with E-state index in [4.69, 9.17) is 0 Å². The van der Waals surface area contributed by atoms with Gasteiger partial charge in [0.25, 0.3) is 0 Å². The normalized spacial score (nSPS) is 12.0. The van der Waals surface area contributed by atoms with Gasteiger partial charge < -0.3 is 31.5 Å². The number of amides is 2. The largest absolute Gasteiger partial charge is 0.391 e. The number of nitrogens with zero attached hydrogens (tertiary/aromatic N) is 10. The Morgan fingerprint density at radius 3 is 1.67 bits per heavy atom. The van der Waals surface area contributed by atoms with Crippen LogP contribution in [0, 0.1) is 39.3 Å². The van der Waals surface area contributed by atoms with Crippen molar-refractivity contribution in [3.8, 4) is 11.6 Å². The first-order valence-corrected chi connectivity index (χ1v) is 20.6. The van der Waals surface area contributed by atoms with Gasteiger partial charge in [-0.05, 0) is 101 Å². The molecule has 20 heteroatoms. The molecule has 0 bridgehead atoms. The molecule has 0 radical (unpaired) electrons. The Labute approximate surface area is 377 Å². The summed E-state index contributed by atoms with van der Waals surface area (Å²) in [4.78, 5) is 40.1. The number of aliphatic hydroxyl groups excluding tert-OH is 2. The van der Waals surface area contributed by atoms with Gasteiger partial charge in [-0.1, -0.05) is 13.2 Å². The van der Waals surface area contributed by atoms with E-state index in [9.17, 15) is 28.6 Å². The Balaban J connectivity index is 0.000000196. The maximum absolute atomic E-state index is 14.8. The quantitative estimate of drug-likeness (QED) is 0.0595. The zero-order valence-electron chi connectivity index (χ0n) is 37.0. The number of fused-ring (bicyclic) bond motifs is 2. The van der Waals surface area contributed by atoms with E-state index >= 15 is 0 Å². The number of aliphatic hydroxyl groups is 2. The van der Waals surface area contributed by atoms with Crippen LogP contribution in [0.15, 0.2) is 98.9 Å². The monoisotopic (exact) mass is 898 g/mol. The third-order valence-electron chi connectivity index (χ3n) is 10.3. The molecule has 6 aromatic heterocycles. The van der Waals surface area contributed by atoms with E-state index < -0.39 is 23.8 Å². The Bertz CT molecular complexity index is 2970. The second kappa shape index (κ2) is 19.3. The first-order chi connectivity index (χ1) is 31.5. The lowest BCUT2D eigenvalue weighted by Gasteiger charge is -2.10. The van der Waals surface area contributed by atoms with Crippen molar-refractivity contribution in [3.63, 3.8) is 0 Å². The summed E-state index contributed by atoms with van der Waals surface area (Å²) in [6, 6.07) is 10.7. The lowest BCUT2D eigenvalue weighted by Crippen LogP contribution is -2.14. The molecule has 0 aliphatic heterocycles. The molecule has 0 aliphatic carbocycles. The van der Waals surface area contributed by atoms with Crippen LogP contribution in [0.4, 0.5) is 43.4 Å². The van der Waals surface area contributed by atoms with Crippen LogP contribution in [-0.2, 0) is 22.7 Å². The molecule has 0 fully saturated rings. The van der Waals surface area contributed by atoms with Crippen LogP contribution >= 0.6 is 0 Å². The first-order valence-electron chi connectivity index (χ1n) is 20.6. The summed E-state index contributed by atoms with van der Waals surface area (Å²) in [6.07, 6.45) is 10.4. The zero-order chi connectivity index (χ0) is 47.4. The zero-order valence-corrected chi connectivity index (χ0v) is 37.0. The molecular formula is C46H48F2N14O4. The third-order valence-corrected chi connectivity index (χ3v) is 10.3. The minimum Gasteiger partial charge on any atom is -0.391 e. The molecule has 8 rings (SSSR count). The van der Waals surface area contributed by atoms with Gasteiger partial charge in [0.05, 0.1) is 77.7 Å². The number of carbonyl (C=O) groups excluding carboxylic acids is 2. The highest BCUT2D eigenvalue weighted by molar-refractivity contribution is 6.01. The topological polar surface area (TPSA) is 220 Å². The first kappa shape index (κ1) is 45.9. The predicted molar refractivity (Wildman–Crippen MR) is 249 cm³/mol. The van der Waals surface area contributed by atoms with Crippen molar-refractivity contribution in [1.82, 2.24) is 48.6 Å². The molecule has 0 aliphatic rings. The van der Waals surface area contributed by atoms with Crippen molar-refractivity contribution < 1.29 is 28.6 Å². The van der Waals surface area contributed by atoms with Crippen molar-refractivity contribution in [1.29, 1.82) is 0 Å². The molecule has 2 atom stereocenters. The Hall–Kier alpha value is -8.10. The van der Waals surface area contributed by atoms with Gasteiger partial charge in [0.2, 0.25) is 23.7 Å². The molecule has 0 saturated heterocycles. The number of aromatic nitrogens is 10. The molecule has 6 N–H and O–H groups in total. The summed E-state index contributed by atoms with van der Waals surface area (Å²) in [7, 11) is 0. The molecule has 0 spiro atoms. The minimum absolute atomic E-state index is 0.0857. The van der Waals surface area contributed by atoms with Crippen LogP contribution in [-0.4, -0.2) is 82.9 Å². The van der Waals surface area contributed by atoms with Gasteiger partial charge in [-0.2, -0.15) is 20.2 Å². The highest BCUT2D eigenvalue weighted by Crippen LogP contribution is 2.30. The summed E-state index contributed by atoms with van der Waals surface area (Å²) in [6.45, 7) is 18.4. The fourth-order valence-electron chi connectivity index (χ4n) is 7.11. The van der Waals surface area contributed by atoms with E-state index in [1.165, 1.54) is 12.2 Å². The Kier molecular flexibility index (Phi) is 13.4. The van der Waals surface area contributed by atoms with Crippen LogP contribution in [0.25, 0.3) is 33.4 Å². The molecule has 6 heterocycles. The van der Waals surface area contributed by atoms with Gasteiger partial charge in [0.1, 0.15) is 0 Å². The number of halogens is 2. The molecule has 2 amide bonds. The van der Waals surface area contributed by atoms with Gasteiger partial charge in [-0.15, -0.1) is 0 Å². The molecular weight excluding hydrogens is 851 g/mol. The van der Waals surface area contributed by atoms with Gasteiger partial charge >= 0.3 is 0 Å². The van der Waals surface area contributed by atoms with Gasteiger partial charge in [-0.3, -0.25) is 28.1 Å². The van der Waals surface area contributed by atoms with Crippen molar-refractivity contribution >= 4 is 68.3 Å². The molecule has 0 unspecified atom stereocenters. The van der Waals surface area contributed by atoms with Crippen LogP contribution in [0.1, 0.15) is 36.4 Å². The highest BCUT2D eigenvalue weighted by Gasteiger charge is 2.18. The van der Waals surface area contributed by atoms with E-state index in [0.29, 0.717) is 41.5 Å². The lowest BCUT2D eigenvalue weighted by molar-refractivity contribution is -0.112. The maximum atomic E-state index is 14.8. The number of carbonyl (C=O) groups is 2. The average molecular weight is 899 g/mol. The van der Waals surface area contributed by atoms with Crippen LogP contribution in [0.2, 0.25) is 0 Å². The van der Waals surface area contributed by atoms with Crippen LogP contribution in [0.3, 0.4) is 0 Å². The molecule has 66 heavy (non-hydrogen) atoms. The molecule has 340 valence electrons. The molecule has 0 saturated carbocycles. The molecule has 8 aromatic rings. The van der Waals surface area contributed by atoms with E-state index in [1.54, 1.807) is 81.4 Å². The van der Waals surface area contributed by atoms with Gasteiger partial charge in [-0.25, -0.2) is 18.7 Å². The highest BCUT2D eigenvalue weighted by atomic mass is 19.1. The number of hydrogen-bond acceptors (Lipinski definition) is 12. The van der Waals surface area contributed by atoms with Gasteiger partial charge in [0.15, 0.2) is 23.3 Å². The van der Waals surface area contributed by atoms with E-state index in [0.717, 1.165) is 51.0 Å². The standard InChI is InChI=1S/2C23H24FN7O2/c1-5-21(33)27-16-6-7-20-17(8-16)13(2)11-30(20)22-18(24)9-25-23(29-22)28-19-10-26-31(15(19)4)12-14(3)32;1-5-21(33)26-16-6-7-20-17(8-16)13(2)10-31(20)22-18(24)9-25-23(28-22)27-19-12-30(11-14(3)32)29-15(19)4/h5-11,14,32H,1,12H2,2-4H3,(H,27,33)(H,25,28,29);5-10,12,14,32H,1,11H2,2-4H3,(H,26,33)(H,25,27,28)/t2*14-/m00/s1. The van der Waals surface area contributed by atoms with Crippen LogP contribution in [0.5, 0.6) is 0 Å². The molecule has 18 nitrogen and oxygen atoms in total. The van der Waals surface area contributed by atoms with E-state index in [2.05, 4.69) is 64.6 Å². The second-order valence-electron chi connectivity index (χ2n) is 15.6. The van der Waals surface area contributed by atoms with Gasteiger partial charge in [0, 0.05) is 40.7 Å². The Morgan fingerprint density at radius 2 is 1.20 bits per heavy atom. The second-order valence-corrected chi connectivity index (χ2v) is 15.6. The number of hydrogen-bond donors (Lipinski definition) is 6. The van der Waals surface area contributed by atoms with E-state index in [1.807, 2.05) is 39.8 Å². The summed E-state index contributed by atoms with van der Waals surface area (Å²) in [5, 5.41) is 41.1. The number of aryl methyl sites for hydroxylation is 3. The number of benzene rings is 2. The average Bonchev–Trinajstić information content (AvgIpc) is 4.01. The fraction of sp³-hybridized carbons (Fsp3) is 0.217. The lowest BCUT2D eigenvalue weighted by atomic mass is 10.2. The summed E-state index contributed by atoms with van der Waals surface area (Å²) in [5.41, 5.74) is 7.27. The number of anilines is 6. The fourth-order valence-corrected chi connectivity index (χ4v) is 7.11.